The molecule has 4 heteroatoms. The van der Waals surface area contributed by atoms with Gasteiger partial charge in [0, 0.05) is 35.6 Å². The van der Waals surface area contributed by atoms with Gasteiger partial charge in [0.05, 0.1) is 5.69 Å². The quantitative estimate of drug-likeness (QED) is 0.882. The third-order valence-corrected chi connectivity index (χ3v) is 3.88. The molecule has 0 radical (unpaired) electrons. The smallest absolute Gasteiger partial charge is 0.0518 e. The van der Waals surface area contributed by atoms with Crippen molar-refractivity contribution in [2.75, 3.05) is 0 Å². The fourth-order valence-electron chi connectivity index (χ4n) is 1.82. The van der Waals surface area contributed by atoms with Crippen LogP contribution in [0.4, 0.5) is 0 Å². The van der Waals surface area contributed by atoms with Gasteiger partial charge in [-0.05, 0) is 38.5 Å². The van der Waals surface area contributed by atoms with E-state index in [1.165, 1.54) is 15.4 Å². The number of aromatic nitrogens is 2. The fourth-order valence-corrected chi connectivity index (χ4v) is 2.84. The zero-order chi connectivity index (χ0) is 12.3. The highest BCUT2D eigenvalue weighted by molar-refractivity contribution is 7.11. The van der Waals surface area contributed by atoms with Gasteiger partial charge in [-0.1, -0.05) is 0 Å². The third kappa shape index (κ3) is 3.41. The molecule has 0 aliphatic carbocycles. The van der Waals surface area contributed by atoms with Crippen LogP contribution in [-0.4, -0.2) is 15.8 Å². The van der Waals surface area contributed by atoms with Gasteiger partial charge in [0.15, 0.2) is 0 Å². The molecule has 0 aromatic carbocycles. The lowest BCUT2D eigenvalue weighted by molar-refractivity contribution is 0.528. The molecule has 3 nitrogen and oxygen atoms in total. The maximum absolute atomic E-state index is 4.16. The van der Waals surface area contributed by atoms with E-state index in [1.807, 2.05) is 29.3 Å². The fraction of sp³-hybridized carbons (Fsp3) is 0.462. The van der Waals surface area contributed by atoms with Crippen molar-refractivity contribution in [1.82, 2.24) is 15.1 Å². The molecule has 2 aromatic rings. The van der Waals surface area contributed by atoms with E-state index in [0.29, 0.717) is 6.04 Å². The van der Waals surface area contributed by atoms with Crippen LogP contribution in [0.25, 0.3) is 0 Å². The van der Waals surface area contributed by atoms with Gasteiger partial charge in [-0.2, -0.15) is 5.10 Å². The molecule has 1 unspecified atom stereocenters. The van der Waals surface area contributed by atoms with Gasteiger partial charge >= 0.3 is 0 Å². The van der Waals surface area contributed by atoms with E-state index in [9.17, 15) is 0 Å². The highest BCUT2D eigenvalue weighted by Crippen LogP contribution is 2.16. The highest BCUT2D eigenvalue weighted by atomic mass is 32.1. The summed E-state index contributed by atoms with van der Waals surface area (Å²) in [6.45, 7) is 5.26. The summed E-state index contributed by atoms with van der Waals surface area (Å²) in [5.41, 5.74) is 1.22. The van der Waals surface area contributed by atoms with Gasteiger partial charge in [0.25, 0.3) is 0 Å². The van der Waals surface area contributed by atoms with E-state index in [2.05, 4.69) is 42.5 Å². The maximum Gasteiger partial charge on any atom is 0.0518 e. The van der Waals surface area contributed by atoms with Crippen LogP contribution < -0.4 is 5.32 Å². The summed E-state index contributed by atoms with van der Waals surface area (Å²) in [6.07, 6.45) is 2.93. The van der Waals surface area contributed by atoms with Crippen LogP contribution in [0.3, 0.4) is 0 Å². The van der Waals surface area contributed by atoms with Crippen LogP contribution in [0.2, 0.25) is 0 Å². The van der Waals surface area contributed by atoms with Crippen LogP contribution in [0.1, 0.15) is 22.4 Å². The van der Waals surface area contributed by atoms with Crippen molar-refractivity contribution in [3.8, 4) is 0 Å². The normalized spacial score (nSPS) is 12.9. The number of hydrogen-bond acceptors (Lipinski definition) is 3. The molecule has 0 amide bonds. The molecule has 2 aromatic heterocycles. The van der Waals surface area contributed by atoms with E-state index in [4.69, 9.17) is 0 Å². The summed E-state index contributed by atoms with van der Waals surface area (Å²) in [5.74, 6) is 0. The molecule has 92 valence electrons. The molecule has 0 fully saturated rings. The molecule has 0 saturated heterocycles. The Bertz CT molecular complexity index is 472. The Morgan fingerprint density at radius 1 is 1.41 bits per heavy atom. The number of aryl methyl sites for hydroxylation is 2. The minimum Gasteiger partial charge on any atom is -0.308 e. The van der Waals surface area contributed by atoms with Crippen molar-refractivity contribution in [2.24, 2.45) is 7.05 Å². The standard InChI is InChI=1S/C13H19N3S/c1-10(8-13-5-4-11(2)17-13)14-9-12-6-7-15-16(12)3/h4-7,10,14H,8-9H2,1-3H3. The second-order valence-corrected chi connectivity index (χ2v) is 5.82. The Balaban J connectivity index is 1.82. The maximum atomic E-state index is 4.16. The molecule has 0 aliphatic rings. The summed E-state index contributed by atoms with van der Waals surface area (Å²) in [7, 11) is 1.98. The molecular weight excluding hydrogens is 230 g/mol. The highest BCUT2D eigenvalue weighted by Gasteiger charge is 2.06. The first-order chi connectivity index (χ1) is 8.15. The molecule has 17 heavy (non-hydrogen) atoms. The minimum absolute atomic E-state index is 0.489. The summed E-state index contributed by atoms with van der Waals surface area (Å²) in [6, 6.07) is 6.95. The van der Waals surface area contributed by atoms with Crippen LogP contribution in [-0.2, 0) is 20.0 Å². The molecule has 1 N–H and O–H groups in total. The molecule has 1 atom stereocenters. The minimum atomic E-state index is 0.489. The van der Waals surface area contributed by atoms with E-state index in [0.717, 1.165) is 13.0 Å². The average molecular weight is 249 g/mol. The second-order valence-electron chi connectivity index (χ2n) is 4.44. The van der Waals surface area contributed by atoms with Crippen molar-refractivity contribution < 1.29 is 0 Å². The van der Waals surface area contributed by atoms with Crippen molar-refractivity contribution in [3.05, 3.63) is 39.8 Å². The van der Waals surface area contributed by atoms with Gasteiger partial charge in [-0.3, -0.25) is 4.68 Å². The number of nitrogens with zero attached hydrogens (tertiary/aromatic N) is 2. The predicted octanol–water partition coefficient (Wildman–Crippen LogP) is 2.51. The number of rotatable bonds is 5. The summed E-state index contributed by atoms with van der Waals surface area (Å²) >= 11 is 1.88. The lowest BCUT2D eigenvalue weighted by Gasteiger charge is -2.12. The zero-order valence-corrected chi connectivity index (χ0v) is 11.4. The Labute approximate surface area is 106 Å². The van der Waals surface area contributed by atoms with Crippen molar-refractivity contribution in [3.63, 3.8) is 0 Å². The van der Waals surface area contributed by atoms with Crippen molar-refractivity contribution >= 4 is 11.3 Å². The monoisotopic (exact) mass is 249 g/mol. The van der Waals surface area contributed by atoms with E-state index in [1.54, 1.807) is 0 Å². The van der Waals surface area contributed by atoms with Crippen molar-refractivity contribution in [2.45, 2.75) is 32.9 Å². The first-order valence-corrected chi connectivity index (χ1v) is 6.72. The molecule has 0 spiro atoms. The summed E-state index contributed by atoms with van der Waals surface area (Å²) < 4.78 is 1.91. The van der Waals surface area contributed by atoms with Crippen LogP contribution in [0, 0.1) is 6.92 Å². The third-order valence-electron chi connectivity index (χ3n) is 2.86. The van der Waals surface area contributed by atoms with Gasteiger partial charge in [-0.15, -0.1) is 11.3 Å². The topological polar surface area (TPSA) is 29.9 Å². The Morgan fingerprint density at radius 2 is 2.24 bits per heavy atom. The van der Waals surface area contributed by atoms with Gasteiger partial charge < -0.3 is 5.32 Å². The number of nitrogens with one attached hydrogen (secondary N) is 1. The number of hydrogen-bond donors (Lipinski definition) is 1. The molecule has 2 rings (SSSR count). The van der Waals surface area contributed by atoms with Crippen LogP contribution >= 0.6 is 11.3 Å². The molecule has 0 saturated carbocycles. The Kier molecular flexibility index (Phi) is 3.97. The zero-order valence-electron chi connectivity index (χ0n) is 10.6. The molecule has 2 heterocycles. The first kappa shape index (κ1) is 12.3. The van der Waals surface area contributed by atoms with E-state index < -0.39 is 0 Å². The van der Waals surface area contributed by atoms with E-state index >= 15 is 0 Å². The Morgan fingerprint density at radius 3 is 2.82 bits per heavy atom. The molecule has 0 bridgehead atoms. The summed E-state index contributed by atoms with van der Waals surface area (Å²) in [4.78, 5) is 2.84. The average Bonchev–Trinajstić information content (AvgIpc) is 2.85. The van der Waals surface area contributed by atoms with Gasteiger partial charge in [-0.25, -0.2) is 0 Å². The van der Waals surface area contributed by atoms with Crippen molar-refractivity contribution in [1.29, 1.82) is 0 Å². The first-order valence-electron chi connectivity index (χ1n) is 5.90. The molecular formula is C13H19N3S. The largest absolute Gasteiger partial charge is 0.308 e. The second kappa shape index (κ2) is 5.47. The predicted molar refractivity (Wildman–Crippen MR) is 72.3 cm³/mol. The van der Waals surface area contributed by atoms with Gasteiger partial charge in [0.2, 0.25) is 0 Å². The summed E-state index contributed by atoms with van der Waals surface area (Å²) in [5, 5.41) is 7.69. The lowest BCUT2D eigenvalue weighted by Crippen LogP contribution is -2.28. The SMILES string of the molecule is Cc1ccc(CC(C)NCc2ccnn2C)s1. The molecule has 0 aliphatic heterocycles. The van der Waals surface area contributed by atoms with Gasteiger partial charge in [0.1, 0.15) is 0 Å². The van der Waals surface area contributed by atoms with E-state index in [-0.39, 0.29) is 0 Å². The van der Waals surface area contributed by atoms with Crippen LogP contribution in [0.15, 0.2) is 24.4 Å². The number of thiophene rings is 1. The Hall–Kier alpha value is -1.13. The van der Waals surface area contributed by atoms with Crippen LogP contribution in [0.5, 0.6) is 0 Å². The lowest BCUT2D eigenvalue weighted by atomic mass is 10.2.